The van der Waals surface area contributed by atoms with E-state index >= 15 is 0 Å². The van der Waals surface area contributed by atoms with Gasteiger partial charge in [-0.2, -0.15) is 0 Å². The van der Waals surface area contributed by atoms with Crippen LogP contribution in [0.25, 0.3) is 82.8 Å². The second-order valence-electron chi connectivity index (χ2n) is 16.5. The minimum Gasteiger partial charge on any atom is -0.456 e. The molecule has 9 aromatic carbocycles. The van der Waals surface area contributed by atoms with E-state index in [9.17, 15) is 0 Å². The molecule has 1 aliphatic rings. The van der Waals surface area contributed by atoms with Crippen molar-refractivity contribution in [1.29, 1.82) is 0 Å². The molecule has 0 N–H and O–H groups in total. The summed E-state index contributed by atoms with van der Waals surface area (Å²) in [7, 11) is 0. The van der Waals surface area contributed by atoms with Crippen molar-refractivity contribution in [1.82, 2.24) is 4.57 Å². The third-order valence-electron chi connectivity index (χ3n) is 12.8. The van der Waals surface area contributed by atoms with Crippen LogP contribution in [0.5, 0.6) is 0 Å². The van der Waals surface area contributed by atoms with Gasteiger partial charge in [-0.3, -0.25) is 0 Å². The Labute approximate surface area is 349 Å². The Bertz CT molecular complexity index is 3430. The van der Waals surface area contributed by atoms with Gasteiger partial charge in [0.2, 0.25) is 0 Å². The van der Waals surface area contributed by atoms with Crippen LogP contribution in [-0.4, -0.2) is 4.57 Å². The molecule has 60 heavy (non-hydrogen) atoms. The van der Waals surface area contributed by atoms with Crippen molar-refractivity contribution in [2.45, 2.75) is 19.3 Å². The number of hydrogen-bond acceptors (Lipinski definition) is 2. The maximum absolute atomic E-state index is 6.35. The van der Waals surface area contributed by atoms with E-state index in [0.717, 1.165) is 50.2 Å². The molecule has 3 nitrogen and oxygen atoms in total. The van der Waals surface area contributed by atoms with Gasteiger partial charge in [0.25, 0.3) is 0 Å². The summed E-state index contributed by atoms with van der Waals surface area (Å²) < 4.78 is 8.75. The van der Waals surface area contributed by atoms with E-state index in [4.69, 9.17) is 4.42 Å². The summed E-state index contributed by atoms with van der Waals surface area (Å²) in [6.07, 6.45) is 0. The highest BCUT2D eigenvalue weighted by Gasteiger charge is 2.38. The molecule has 0 saturated carbocycles. The number of furan rings is 1. The van der Waals surface area contributed by atoms with E-state index in [0.29, 0.717) is 0 Å². The molecule has 0 spiro atoms. The lowest BCUT2D eigenvalue weighted by Gasteiger charge is -2.29. The van der Waals surface area contributed by atoms with Gasteiger partial charge < -0.3 is 13.9 Å². The molecule has 11 aromatic rings. The molecule has 2 aromatic heterocycles. The summed E-state index contributed by atoms with van der Waals surface area (Å²) >= 11 is 0. The predicted octanol–water partition coefficient (Wildman–Crippen LogP) is 15.8. The van der Waals surface area contributed by atoms with Gasteiger partial charge in [-0.1, -0.05) is 147 Å². The summed E-state index contributed by atoms with van der Waals surface area (Å²) in [5, 5.41) is 4.74. The topological polar surface area (TPSA) is 21.3 Å². The highest BCUT2D eigenvalue weighted by atomic mass is 16.3. The second kappa shape index (κ2) is 13.2. The fraction of sp³-hybridized carbons (Fsp3) is 0.0526. The number of benzene rings is 9. The summed E-state index contributed by atoms with van der Waals surface area (Å²) in [6.45, 7) is 4.76. The molecule has 12 rings (SSSR count). The number of rotatable bonds is 6. The molecule has 0 bridgehead atoms. The Kier molecular flexibility index (Phi) is 7.58. The van der Waals surface area contributed by atoms with Gasteiger partial charge in [0, 0.05) is 49.7 Å². The van der Waals surface area contributed by atoms with Crippen molar-refractivity contribution in [2.24, 2.45) is 0 Å². The van der Waals surface area contributed by atoms with Crippen molar-refractivity contribution in [2.75, 3.05) is 4.90 Å². The zero-order chi connectivity index (χ0) is 40.0. The highest BCUT2D eigenvalue weighted by molar-refractivity contribution is 6.27. The SMILES string of the molecule is CC1(C)c2cc(N(c3ccc(-c4ccccc4)cc3)c3ccc(-n4c5ccccc5c5c6c(ccc54)oc4ccccc46)cc3)ccc2-c2cccc(-c3ccccc3)c21. The lowest BCUT2D eigenvalue weighted by atomic mass is 9.78. The minimum absolute atomic E-state index is 0.206. The van der Waals surface area contributed by atoms with Crippen molar-refractivity contribution >= 4 is 60.8 Å². The van der Waals surface area contributed by atoms with E-state index in [1.54, 1.807) is 0 Å². The molecule has 0 atom stereocenters. The van der Waals surface area contributed by atoms with Crippen LogP contribution in [-0.2, 0) is 5.41 Å². The molecule has 2 heterocycles. The molecular formula is C57H40N2O. The normalized spacial score (nSPS) is 13.0. The zero-order valence-corrected chi connectivity index (χ0v) is 33.4. The first-order valence-corrected chi connectivity index (χ1v) is 20.8. The van der Waals surface area contributed by atoms with Crippen LogP contribution in [0.1, 0.15) is 25.0 Å². The Hall–Kier alpha value is -7.62. The molecule has 1 aliphatic carbocycles. The number of para-hydroxylation sites is 2. The lowest BCUT2D eigenvalue weighted by molar-refractivity contribution is 0.662. The molecule has 3 heteroatoms. The highest BCUT2D eigenvalue weighted by Crippen LogP contribution is 2.54. The first-order valence-electron chi connectivity index (χ1n) is 20.8. The number of hydrogen-bond donors (Lipinski definition) is 0. The largest absolute Gasteiger partial charge is 0.456 e. The fourth-order valence-electron chi connectivity index (χ4n) is 10.1. The first-order chi connectivity index (χ1) is 29.5. The second-order valence-corrected chi connectivity index (χ2v) is 16.5. The molecule has 0 amide bonds. The fourth-order valence-corrected chi connectivity index (χ4v) is 10.1. The third-order valence-corrected chi connectivity index (χ3v) is 12.8. The smallest absolute Gasteiger partial charge is 0.136 e. The maximum atomic E-state index is 6.35. The standard InChI is InChI=1S/C57H40N2O/c1-57(2)49-36-43(32-33-45(49)46-21-13-20-44(56(46)57)39-16-7-4-8-17-39)58(40-26-24-38(25-27-40)37-14-5-3-6-15-37)41-28-30-42(31-29-41)59-50-22-11-9-18-47(50)54-51(59)34-35-53-55(54)48-19-10-12-23-52(48)60-53/h3-36H,1-2H3. The van der Waals surface area contributed by atoms with Crippen molar-refractivity contribution in [3.05, 3.63) is 217 Å². The van der Waals surface area contributed by atoms with Gasteiger partial charge in [0.05, 0.1) is 11.0 Å². The van der Waals surface area contributed by atoms with Gasteiger partial charge in [-0.25, -0.2) is 0 Å². The van der Waals surface area contributed by atoms with Gasteiger partial charge >= 0.3 is 0 Å². The van der Waals surface area contributed by atoms with Crippen LogP contribution < -0.4 is 4.90 Å². The average Bonchev–Trinajstić information content (AvgIpc) is 3.93. The Morgan fingerprint density at radius 2 is 1.03 bits per heavy atom. The Morgan fingerprint density at radius 3 is 1.80 bits per heavy atom. The number of anilines is 3. The van der Waals surface area contributed by atoms with E-state index in [-0.39, 0.29) is 5.41 Å². The van der Waals surface area contributed by atoms with Gasteiger partial charge in [-0.15, -0.1) is 0 Å². The van der Waals surface area contributed by atoms with Crippen molar-refractivity contribution in [3.63, 3.8) is 0 Å². The van der Waals surface area contributed by atoms with Crippen molar-refractivity contribution < 1.29 is 4.42 Å². The number of fused-ring (bicyclic) bond motifs is 10. The van der Waals surface area contributed by atoms with Crippen LogP contribution in [0, 0.1) is 0 Å². The monoisotopic (exact) mass is 768 g/mol. The van der Waals surface area contributed by atoms with Gasteiger partial charge in [0.15, 0.2) is 0 Å². The Morgan fingerprint density at radius 1 is 0.417 bits per heavy atom. The molecule has 0 aliphatic heterocycles. The molecule has 0 fully saturated rings. The van der Waals surface area contributed by atoms with E-state index in [2.05, 4.69) is 224 Å². The average molecular weight is 769 g/mol. The van der Waals surface area contributed by atoms with Crippen LogP contribution >= 0.6 is 0 Å². The van der Waals surface area contributed by atoms with Gasteiger partial charge in [0.1, 0.15) is 11.2 Å². The Balaban J connectivity index is 1.01. The first kappa shape index (κ1) is 34.4. The van der Waals surface area contributed by atoms with Crippen LogP contribution in [0.2, 0.25) is 0 Å². The molecule has 0 unspecified atom stereocenters. The maximum Gasteiger partial charge on any atom is 0.136 e. The zero-order valence-electron chi connectivity index (χ0n) is 33.4. The van der Waals surface area contributed by atoms with Crippen molar-refractivity contribution in [3.8, 4) is 39.1 Å². The number of aromatic nitrogens is 1. The minimum atomic E-state index is -0.206. The summed E-state index contributed by atoms with van der Waals surface area (Å²) in [6, 6.07) is 74.8. The summed E-state index contributed by atoms with van der Waals surface area (Å²) in [4.78, 5) is 2.41. The van der Waals surface area contributed by atoms with E-state index in [1.165, 1.54) is 60.8 Å². The molecular weight excluding hydrogens is 729 g/mol. The van der Waals surface area contributed by atoms with E-state index in [1.807, 2.05) is 6.07 Å². The third kappa shape index (κ3) is 5.15. The predicted molar refractivity (Wildman–Crippen MR) is 251 cm³/mol. The lowest BCUT2D eigenvalue weighted by Crippen LogP contribution is -2.17. The quantitative estimate of drug-likeness (QED) is 0.168. The molecule has 284 valence electrons. The number of nitrogens with zero attached hydrogens (tertiary/aromatic N) is 2. The van der Waals surface area contributed by atoms with Gasteiger partial charge in [-0.05, 0) is 117 Å². The molecule has 0 radical (unpaired) electrons. The summed E-state index contributed by atoms with van der Waals surface area (Å²) in [5.74, 6) is 0. The molecule has 0 saturated heterocycles. The van der Waals surface area contributed by atoms with E-state index < -0.39 is 0 Å². The van der Waals surface area contributed by atoms with Crippen LogP contribution in [0.3, 0.4) is 0 Å². The van der Waals surface area contributed by atoms with Crippen LogP contribution in [0.4, 0.5) is 17.1 Å². The summed E-state index contributed by atoms with van der Waals surface area (Å²) in [5.41, 5.74) is 18.7. The van der Waals surface area contributed by atoms with Crippen LogP contribution in [0.15, 0.2) is 211 Å².